The third-order valence-corrected chi connectivity index (χ3v) is 3.80. The monoisotopic (exact) mass is 291 g/mol. The molecule has 0 bridgehead atoms. The molecule has 1 aromatic heterocycles. The highest BCUT2D eigenvalue weighted by molar-refractivity contribution is 5.86. The minimum Gasteiger partial charge on any atom is -0.370 e. The van der Waals surface area contributed by atoms with E-state index in [0.717, 1.165) is 36.8 Å². The summed E-state index contributed by atoms with van der Waals surface area (Å²) in [6.45, 7) is 10.9. The second kappa shape index (κ2) is 6.39. The molecule has 0 atom stereocenters. The lowest BCUT2D eigenvalue weighted by atomic mass is 9.99. The van der Waals surface area contributed by atoms with Crippen molar-refractivity contribution >= 4 is 11.7 Å². The largest absolute Gasteiger partial charge is 0.370 e. The van der Waals surface area contributed by atoms with E-state index in [1.54, 1.807) is 0 Å². The van der Waals surface area contributed by atoms with Crippen LogP contribution in [0.1, 0.15) is 38.7 Å². The second-order valence-electron chi connectivity index (χ2n) is 5.97. The molecule has 21 heavy (non-hydrogen) atoms. The van der Waals surface area contributed by atoms with E-state index in [1.807, 2.05) is 26.8 Å². The maximum Gasteiger partial charge on any atom is 0.240 e. The molecule has 0 unspecified atom stereocenters. The summed E-state index contributed by atoms with van der Waals surface area (Å²) in [5.74, 6) is 1.68. The summed E-state index contributed by atoms with van der Waals surface area (Å²) in [5.41, 5.74) is 0.417. The molecule has 1 amide bonds. The maximum absolute atomic E-state index is 12.0. The van der Waals surface area contributed by atoms with Crippen LogP contribution in [-0.2, 0) is 11.3 Å². The first-order valence-corrected chi connectivity index (χ1v) is 7.55. The van der Waals surface area contributed by atoms with Gasteiger partial charge < -0.3 is 10.6 Å². The third-order valence-electron chi connectivity index (χ3n) is 3.80. The van der Waals surface area contributed by atoms with Gasteiger partial charge in [-0.05, 0) is 27.2 Å². The molecule has 0 aromatic carbocycles. The zero-order valence-corrected chi connectivity index (χ0v) is 13.4. The number of anilines is 1. The van der Waals surface area contributed by atoms with Gasteiger partial charge >= 0.3 is 0 Å². The minimum absolute atomic E-state index is 0.0609. The predicted octanol–water partition coefficient (Wildman–Crippen LogP) is 1.32. The predicted molar refractivity (Wildman–Crippen MR) is 83.0 cm³/mol. The Morgan fingerprint density at radius 1 is 1.43 bits per heavy atom. The lowest BCUT2D eigenvalue weighted by Gasteiger charge is -2.40. The Kier molecular flexibility index (Phi) is 4.77. The van der Waals surface area contributed by atoms with Gasteiger partial charge in [0.25, 0.3) is 0 Å². The van der Waals surface area contributed by atoms with Crippen molar-refractivity contribution in [3.8, 4) is 0 Å². The Balaban J connectivity index is 2.14. The number of amides is 1. The van der Waals surface area contributed by atoms with E-state index in [-0.39, 0.29) is 5.91 Å². The molecule has 1 aromatic rings. The number of carbonyl (C=O) groups is 1. The minimum atomic E-state index is -0.525. The normalized spacial score (nSPS) is 18.4. The average Bonchev–Trinajstić information content (AvgIpc) is 2.41. The fourth-order valence-electron chi connectivity index (χ4n) is 2.44. The molecule has 6 heteroatoms. The van der Waals surface area contributed by atoms with Crippen molar-refractivity contribution in [2.24, 2.45) is 0 Å². The number of hydrogen-bond acceptors (Lipinski definition) is 5. The number of carbonyl (C=O) groups excluding carboxylic acids is 1. The van der Waals surface area contributed by atoms with E-state index in [1.165, 1.54) is 0 Å². The summed E-state index contributed by atoms with van der Waals surface area (Å²) in [7, 11) is 0. The topological polar surface area (TPSA) is 70.2 Å². The molecule has 116 valence electrons. The van der Waals surface area contributed by atoms with Gasteiger partial charge in [0.1, 0.15) is 11.6 Å². The number of nitrogens with zero attached hydrogens (tertiary/aromatic N) is 3. The summed E-state index contributed by atoms with van der Waals surface area (Å²) < 4.78 is 0. The van der Waals surface area contributed by atoms with Crippen LogP contribution < -0.4 is 10.6 Å². The van der Waals surface area contributed by atoms with Gasteiger partial charge in [-0.3, -0.25) is 9.69 Å². The van der Waals surface area contributed by atoms with Crippen LogP contribution in [-0.4, -0.2) is 45.9 Å². The van der Waals surface area contributed by atoms with Crippen LogP contribution in [0.5, 0.6) is 0 Å². The molecular weight excluding hydrogens is 266 g/mol. The number of aryl methyl sites for hydroxylation is 1. The van der Waals surface area contributed by atoms with Crippen LogP contribution in [0.3, 0.4) is 0 Å². The van der Waals surface area contributed by atoms with Crippen LogP contribution in [0.2, 0.25) is 0 Å². The lowest BCUT2D eigenvalue weighted by molar-refractivity contribution is -0.135. The van der Waals surface area contributed by atoms with Gasteiger partial charge in [-0.1, -0.05) is 6.92 Å². The zero-order chi connectivity index (χ0) is 15.5. The molecule has 0 saturated carbocycles. The van der Waals surface area contributed by atoms with Gasteiger partial charge in [-0.15, -0.1) is 0 Å². The van der Waals surface area contributed by atoms with Gasteiger partial charge in [0.15, 0.2) is 0 Å². The fourth-order valence-corrected chi connectivity index (χ4v) is 2.44. The number of aromatic nitrogens is 2. The first-order valence-electron chi connectivity index (χ1n) is 7.55. The molecule has 1 aliphatic rings. The molecule has 2 heterocycles. The van der Waals surface area contributed by atoms with E-state index in [4.69, 9.17) is 0 Å². The van der Waals surface area contributed by atoms with Gasteiger partial charge in [0, 0.05) is 31.4 Å². The van der Waals surface area contributed by atoms with Crippen LogP contribution in [0, 0.1) is 6.92 Å². The highest BCUT2D eigenvalue weighted by Crippen LogP contribution is 2.20. The highest BCUT2D eigenvalue weighted by Gasteiger charge is 2.37. The summed E-state index contributed by atoms with van der Waals surface area (Å²) in [5, 5.41) is 6.20. The van der Waals surface area contributed by atoms with E-state index < -0.39 is 5.54 Å². The Morgan fingerprint density at radius 2 is 2.19 bits per heavy atom. The van der Waals surface area contributed by atoms with Crippen molar-refractivity contribution in [1.29, 1.82) is 0 Å². The summed E-state index contributed by atoms with van der Waals surface area (Å²) >= 11 is 0. The molecule has 2 N–H and O–H groups in total. The number of rotatable bonds is 5. The standard InChI is InChI=1S/C15H25N5O/c1-5-6-16-12-9-11(2)18-13(19-12)10-20-8-7-17-14(21)15(20,3)4/h9H,5-8,10H2,1-4H3,(H,17,21)(H,16,18,19). The first-order chi connectivity index (χ1) is 9.93. The van der Waals surface area contributed by atoms with E-state index >= 15 is 0 Å². The van der Waals surface area contributed by atoms with Crippen LogP contribution in [0.4, 0.5) is 5.82 Å². The smallest absolute Gasteiger partial charge is 0.240 e. The highest BCUT2D eigenvalue weighted by atomic mass is 16.2. The maximum atomic E-state index is 12.0. The molecule has 2 rings (SSSR count). The molecule has 1 fully saturated rings. The van der Waals surface area contributed by atoms with Gasteiger partial charge in [0.05, 0.1) is 12.1 Å². The molecule has 6 nitrogen and oxygen atoms in total. The van der Waals surface area contributed by atoms with Crippen molar-refractivity contribution < 1.29 is 4.79 Å². The Morgan fingerprint density at radius 3 is 2.90 bits per heavy atom. The van der Waals surface area contributed by atoms with Gasteiger partial charge in [0.2, 0.25) is 5.91 Å². The van der Waals surface area contributed by atoms with Crippen LogP contribution in [0.15, 0.2) is 6.07 Å². The summed E-state index contributed by atoms with van der Waals surface area (Å²) in [4.78, 5) is 23.2. The second-order valence-corrected chi connectivity index (χ2v) is 5.97. The number of hydrogen-bond donors (Lipinski definition) is 2. The average molecular weight is 291 g/mol. The Labute approximate surface area is 126 Å². The number of nitrogens with one attached hydrogen (secondary N) is 2. The van der Waals surface area contributed by atoms with Gasteiger partial charge in [-0.2, -0.15) is 0 Å². The van der Waals surface area contributed by atoms with Crippen LogP contribution in [0.25, 0.3) is 0 Å². The third kappa shape index (κ3) is 3.69. The van der Waals surface area contributed by atoms with E-state index in [2.05, 4.69) is 32.4 Å². The number of piperazine rings is 1. The molecule has 1 saturated heterocycles. The van der Waals surface area contributed by atoms with Crippen molar-refractivity contribution in [3.05, 3.63) is 17.6 Å². The molecular formula is C15H25N5O. The molecule has 1 aliphatic heterocycles. The quantitative estimate of drug-likeness (QED) is 0.856. The van der Waals surface area contributed by atoms with Crippen molar-refractivity contribution in [2.75, 3.05) is 25.0 Å². The Hall–Kier alpha value is -1.69. The SMILES string of the molecule is CCCNc1cc(C)nc(CN2CCNC(=O)C2(C)C)n1. The summed E-state index contributed by atoms with van der Waals surface area (Å²) in [6.07, 6.45) is 1.05. The Bertz CT molecular complexity index is 515. The molecule has 0 radical (unpaired) electrons. The zero-order valence-electron chi connectivity index (χ0n) is 13.4. The van der Waals surface area contributed by atoms with Crippen molar-refractivity contribution in [3.63, 3.8) is 0 Å². The molecule has 0 aliphatic carbocycles. The first kappa shape index (κ1) is 15.7. The van der Waals surface area contributed by atoms with Crippen LogP contribution >= 0.6 is 0 Å². The van der Waals surface area contributed by atoms with E-state index in [0.29, 0.717) is 13.1 Å². The van der Waals surface area contributed by atoms with Crippen molar-refractivity contribution in [1.82, 2.24) is 20.2 Å². The summed E-state index contributed by atoms with van der Waals surface area (Å²) in [6, 6.07) is 1.95. The lowest BCUT2D eigenvalue weighted by Crippen LogP contribution is -2.61. The van der Waals surface area contributed by atoms with E-state index in [9.17, 15) is 4.79 Å². The van der Waals surface area contributed by atoms with Crippen molar-refractivity contribution in [2.45, 2.75) is 46.2 Å². The molecule has 0 spiro atoms. The van der Waals surface area contributed by atoms with Gasteiger partial charge in [-0.25, -0.2) is 9.97 Å². The fraction of sp³-hybridized carbons (Fsp3) is 0.667.